The summed E-state index contributed by atoms with van der Waals surface area (Å²) in [5.41, 5.74) is 9.40. The number of nitriles is 2. The van der Waals surface area contributed by atoms with Crippen LogP contribution in [-0.4, -0.2) is 62.8 Å². The monoisotopic (exact) mass is 959 g/mol. The van der Waals surface area contributed by atoms with Crippen LogP contribution in [0, 0.1) is 42.4 Å². The second-order valence-corrected chi connectivity index (χ2v) is 17.0. The second-order valence-electron chi connectivity index (χ2n) is 16.2. The zero-order chi connectivity index (χ0) is 49.2. The summed E-state index contributed by atoms with van der Waals surface area (Å²) in [7, 11) is 1.00. The number of benzene rings is 4. The molecule has 3 N–H and O–H groups in total. The number of carbonyl (C=O) groups is 1. The second kappa shape index (κ2) is 26.1. The number of aromatic nitrogens is 2. The van der Waals surface area contributed by atoms with Crippen molar-refractivity contribution in [3.05, 3.63) is 163 Å². The lowest BCUT2D eigenvalue weighted by molar-refractivity contribution is -0.113. The van der Waals surface area contributed by atoms with Crippen LogP contribution < -0.4 is 18.9 Å². The highest BCUT2D eigenvalue weighted by atomic mass is 35.5. The quantitative estimate of drug-likeness (QED) is 0.0546. The van der Waals surface area contributed by atoms with Gasteiger partial charge in [0.2, 0.25) is 0 Å². The van der Waals surface area contributed by atoms with Crippen LogP contribution in [0.1, 0.15) is 75.9 Å². The van der Waals surface area contributed by atoms with E-state index in [2.05, 4.69) is 55.0 Å². The van der Waals surface area contributed by atoms with Crippen LogP contribution in [0.2, 0.25) is 10.0 Å². The minimum atomic E-state index is -0.509. The lowest BCUT2D eigenvalue weighted by Crippen LogP contribution is -2.39. The third-order valence-corrected chi connectivity index (χ3v) is 11.6. The molecule has 0 amide bonds. The van der Waals surface area contributed by atoms with Crippen LogP contribution in [0.5, 0.6) is 23.0 Å². The molecule has 4 aromatic carbocycles. The fourth-order valence-corrected chi connectivity index (χ4v) is 8.00. The molecule has 0 saturated carbocycles. The lowest BCUT2D eigenvalue weighted by atomic mass is 9.92. The van der Waals surface area contributed by atoms with Gasteiger partial charge in [0.25, 0.3) is 0 Å². The lowest BCUT2D eigenvalue weighted by Gasteiger charge is -2.30. The van der Waals surface area contributed by atoms with Crippen LogP contribution in [-0.2, 0) is 44.4 Å². The van der Waals surface area contributed by atoms with Crippen molar-refractivity contribution in [2.45, 2.75) is 79.7 Å². The summed E-state index contributed by atoms with van der Waals surface area (Å²) in [6.07, 6.45) is 7.37. The van der Waals surface area contributed by atoms with Crippen molar-refractivity contribution in [1.29, 1.82) is 10.5 Å². The van der Waals surface area contributed by atoms with Gasteiger partial charge < -0.3 is 39.1 Å². The van der Waals surface area contributed by atoms with E-state index in [-0.39, 0.29) is 52.0 Å². The number of hydrogen-bond acceptors (Lipinski definition) is 13. The maximum Gasteiger partial charge on any atom is 0.142 e. The van der Waals surface area contributed by atoms with E-state index >= 15 is 0 Å². The number of hydrogen-bond donors (Lipinski definition) is 3. The molecule has 0 aliphatic carbocycles. The SMILES string of the molecule is CO.Cc1c(COc2cc(OCc3cncc(C#N)c3)c(CO)cc2Cl)cccc1-c1cccc(COc2cc(OCc3cncc(C#N)c3)c(CN(CC(C)C)C(C=O)CCO)cc2Cl)c1C. The number of rotatable bonds is 22. The van der Waals surface area contributed by atoms with Gasteiger partial charge in [0, 0.05) is 86.0 Å². The topological polar surface area (TPSA) is 191 Å². The van der Waals surface area contributed by atoms with Gasteiger partial charge in [-0.05, 0) is 83.8 Å². The Balaban J connectivity index is 0.00000426. The number of aliphatic hydroxyl groups is 3. The molecule has 2 aromatic heterocycles. The number of aliphatic hydroxyl groups excluding tert-OH is 3. The Kier molecular flexibility index (Phi) is 20.1. The summed E-state index contributed by atoms with van der Waals surface area (Å²) in [6, 6.07) is 26.0. The van der Waals surface area contributed by atoms with Gasteiger partial charge in [0.15, 0.2) is 0 Å². The molecule has 354 valence electrons. The van der Waals surface area contributed by atoms with Crippen molar-refractivity contribution in [2.24, 2.45) is 5.92 Å². The molecule has 68 heavy (non-hydrogen) atoms. The van der Waals surface area contributed by atoms with E-state index in [1.54, 1.807) is 48.8 Å². The van der Waals surface area contributed by atoms with E-state index in [1.165, 1.54) is 12.4 Å². The molecule has 1 atom stereocenters. The van der Waals surface area contributed by atoms with Crippen molar-refractivity contribution in [1.82, 2.24) is 14.9 Å². The molecule has 0 spiro atoms. The van der Waals surface area contributed by atoms with Crippen LogP contribution in [0.15, 0.2) is 97.6 Å². The van der Waals surface area contributed by atoms with Crippen molar-refractivity contribution in [3.63, 3.8) is 0 Å². The smallest absolute Gasteiger partial charge is 0.142 e. The zero-order valence-electron chi connectivity index (χ0n) is 38.7. The number of aldehydes is 1. The van der Waals surface area contributed by atoms with Crippen LogP contribution >= 0.6 is 23.2 Å². The molecule has 13 nitrogen and oxygen atoms in total. The fraction of sp³-hybridized carbons (Fsp3) is 0.302. The summed E-state index contributed by atoms with van der Waals surface area (Å²) in [4.78, 5) is 22.5. The molecule has 15 heteroatoms. The molecule has 0 bridgehead atoms. The van der Waals surface area contributed by atoms with E-state index in [1.807, 2.05) is 36.1 Å². The molecular weight excluding hydrogens is 906 g/mol. The van der Waals surface area contributed by atoms with E-state index in [9.17, 15) is 25.5 Å². The number of pyridine rings is 2. The average molecular weight is 961 g/mol. The zero-order valence-corrected chi connectivity index (χ0v) is 40.2. The summed E-state index contributed by atoms with van der Waals surface area (Å²) >= 11 is 13.6. The number of ether oxygens (including phenoxy) is 4. The summed E-state index contributed by atoms with van der Waals surface area (Å²) in [6.45, 7) is 9.39. The Morgan fingerprint density at radius 1 is 0.662 bits per heavy atom. The van der Waals surface area contributed by atoms with E-state index in [0.717, 1.165) is 52.3 Å². The first-order valence-corrected chi connectivity index (χ1v) is 22.6. The van der Waals surface area contributed by atoms with Crippen molar-refractivity contribution < 1.29 is 39.1 Å². The van der Waals surface area contributed by atoms with Crippen molar-refractivity contribution in [3.8, 4) is 46.3 Å². The first kappa shape index (κ1) is 52.4. The first-order valence-electron chi connectivity index (χ1n) is 21.8. The summed E-state index contributed by atoms with van der Waals surface area (Å²) in [5.74, 6) is 1.92. The van der Waals surface area contributed by atoms with Gasteiger partial charge in [-0.2, -0.15) is 10.5 Å². The van der Waals surface area contributed by atoms with Crippen molar-refractivity contribution in [2.75, 3.05) is 20.3 Å². The normalized spacial score (nSPS) is 11.3. The molecule has 0 aliphatic rings. The van der Waals surface area contributed by atoms with Gasteiger partial charge in [0.1, 0.15) is 67.9 Å². The van der Waals surface area contributed by atoms with Crippen molar-refractivity contribution >= 4 is 29.5 Å². The Labute approximate surface area is 407 Å². The molecule has 0 fully saturated rings. The van der Waals surface area contributed by atoms with Crippen LogP contribution in [0.3, 0.4) is 0 Å². The number of carbonyl (C=O) groups excluding carboxylic acids is 1. The standard InChI is InChI=1S/C52H51Cl2N5O7.CH4O/c1-33(2)25-59(44(28-62)11-12-60)26-42-15-47(53)51(17-49(42)63-29-38-13-36(19-55)21-57-23-38)65-31-40-7-5-9-45(34(40)3)46-10-6-8-41(35(46)4)32-66-52-18-50(43(27-61)16-48(52)54)64-30-39-14-37(20-56)22-58-24-39;1-2/h5-10,13-18,21-24,28,33,44,60-61H,11-12,25-27,29-32H2,1-4H3;2H,1H3. The molecule has 1 unspecified atom stereocenters. The minimum absolute atomic E-state index is 0.121. The van der Waals surface area contributed by atoms with Gasteiger partial charge in [-0.25, -0.2) is 0 Å². The van der Waals surface area contributed by atoms with E-state index in [4.69, 9.17) is 47.3 Å². The third kappa shape index (κ3) is 14.0. The number of halogens is 2. The van der Waals surface area contributed by atoms with E-state index < -0.39 is 6.04 Å². The van der Waals surface area contributed by atoms with Gasteiger partial charge in [-0.15, -0.1) is 0 Å². The van der Waals surface area contributed by atoms with Crippen LogP contribution in [0.25, 0.3) is 11.1 Å². The van der Waals surface area contributed by atoms with Crippen LogP contribution in [0.4, 0.5) is 0 Å². The largest absolute Gasteiger partial charge is 0.488 e. The van der Waals surface area contributed by atoms with Gasteiger partial charge in [-0.1, -0.05) is 73.4 Å². The molecule has 0 saturated heterocycles. The third-order valence-electron chi connectivity index (χ3n) is 11.0. The molecule has 2 heterocycles. The van der Waals surface area contributed by atoms with E-state index in [0.29, 0.717) is 74.0 Å². The average Bonchev–Trinajstić information content (AvgIpc) is 3.35. The Morgan fingerprint density at radius 3 is 1.57 bits per heavy atom. The Bertz CT molecular complexity index is 2740. The van der Waals surface area contributed by atoms with Gasteiger partial charge in [-0.3, -0.25) is 14.9 Å². The molecule has 0 radical (unpaired) electrons. The highest BCUT2D eigenvalue weighted by Crippen LogP contribution is 2.38. The highest BCUT2D eigenvalue weighted by Gasteiger charge is 2.23. The molecular formula is C53H55Cl2N5O8. The minimum Gasteiger partial charge on any atom is -0.488 e. The number of nitrogens with zero attached hydrogens (tertiary/aromatic N) is 5. The molecule has 0 aliphatic heterocycles. The first-order chi connectivity index (χ1) is 32.9. The highest BCUT2D eigenvalue weighted by molar-refractivity contribution is 6.32. The predicted molar refractivity (Wildman–Crippen MR) is 260 cm³/mol. The summed E-state index contributed by atoms with van der Waals surface area (Å²) in [5, 5.41) is 46.1. The summed E-state index contributed by atoms with van der Waals surface area (Å²) < 4.78 is 25.1. The Morgan fingerprint density at radius 2 is 1.13 bits per heavy atom. The molecule has 6 rings (SSSR count). The Hall–Kier alpha value is -6.55. The maximum atomic E-state index is 12.2. The maximum absolute atomic E-state index is 12.2. The molecule has 6 aromatic rings. The fourth-order valence-electron chi connectivity index (χ4n) is 7.51. The predicted octanol–water partition coefficient (Wildman–Crippen LogP) is 9.64. The van der Waals surface area contributed by atoms with Gasteiger partial charge >= 0.3 is 0 Å². The van der Waals surface area contributed by atoms with Gasteiger partial charge in [0.05, 0.1) is 33.8 Å².